The molecule has 21 heavy (non-hydrogen) atoms. The summed E-state index contributed by atoms with van der Waals surface area (Å²) in [6.07, 6.45) is 5.81. The standard InChI is InChI=1S/C15H18N4O2/c20-15(12-2-1-9-21-12)19-7-5-11(6-8-19)14-16-13(17-18-14)10-3-4-10/h1-2,9-11H,3-8H2,(H,16,17,18). The second kappa shape index (κ2) is 5.02. The summed E-state index contributed by atoms with van der Waals surface area (Å²) in [5.74, 6) is 3.32. The zero-order chi connectivity index (χ0) is 14.2. The summed E-state index contributed by atoms with van der Waals surface area (Å²) in [5.41, 5.74) is 0. The van der Waals surface area contributed by atoms with Crippen LogP contribution < -0.4 is 0 Å². The second-order valence-corrected chi connectivity index (χ2v) is 5.90. The third-order valence-corrected chi connectivity index (χ3v) is 4.36. The van der Waals surface area contributed by atoms with Gasteiger partial charge in [0.25, 0.3) is 5.91 Å². The molecular weight excluding hydrogens is 268 g/mol. The maximum atomic E-state index is 12.2. The van der Waals surface area contributed by atoms with E-state index in [2.05, 4.69) is 15.2 Å². The highest BCUT2D eigenvalue weighted by atomic mass is 16.3. The highest BCUT2D eigenvalue weighted by Crippen LogP contribution is 2.38. The number of aromatic nitrogens is 3. The lowest BCUT2D eigenvalue weighted by atomic mass is 9.96. The first-order chi connectivity index (χ1) is 10.3. The molecule has 6 nitrogen and oxygen atoms in total. The quantitative estimate of drug-likeness (QED) is 0.939. The number of likely N-dealkylation sites (tertiary alicyclic amines) is 1. The largest absolute Gasteiger partial charge is 0.459 e. The number of carbonyl (C=O) groups is 1. The normalized spacial score (nSPS) is 19.9. The maximum Gasteiger partial charge on any atom is 0.289 e. The van der Waals surface area contributed by atoms with Crippen LogP contribution in [-0.4, -0.2) is 39.1 Å². The lowest BCUT2D eigenvalue weighted by molar-refractivity contribution is 0.0679. The molecule has 1 N–H and O–H groups in total. The van der Waals surface area contributed by atoms with Crippen molar-refractivity contribution in [3.05, 3.63) is 35.8 Å². The summed E-state index contributed by atoms with van der Waals surface area (Å²) in [6, 6.07) is 3.46. The molecule has 6 heteroatoms. The molecule has 0 atom stereocenters. The van der Waals surface area contributed by atoms with Crippen LogP contribution in [0.1, 0.15) is 59.7 Å². The van der Waals surface area contributed by atoms with E-state index in [0.29, 0.717) is 17.6 Å². The van der Waals surface area contributed by atoms with Crippen molar-refractivity contribution in [1.29, 1.82) is 0 Å². The molecule has 1 saturated carbocycles. The molecule has 3 heterocycles. The van der Waals surface area contributed by atoms with Crippen molar-refractivity contribution in [2.75, 3.05) is 13.1 Å². The lowest BCUT2D eigenvalue weighted by Gasteiger charge is -2.30. The fourth-order valence-electron chi connectivity index (χ4n) is 2.91. The number of nitrogens with one attached hydrogen (secondary N) is 1. The summed E-state index contributed by atoms with van der Waals surface area (Å²) in [5, 5.41) is 7.40. The highest BCUT2D eigenvalue weighted by Gasteiger charge is 2.31. The second-order valence-electron chi connectivity index (χ2n) is 5.90. The number of hydrogen-bond acceptors (Lipinski definition) is 4. The fourth-order valence-corrected chi connectivity index (χ4v) is 2.91. The molecule has 0 aromatic carbocycles. The Morgan fingerprint density at radius 3 is 2.71 bits per heavy atom. The van der Waals surface area contributed by atoms with Crippen molar-refractivity contribution in [1.82, 2.24) is 20.1 Å². The van der Waals surface area contributed by atoms with E-state index in [0.717, 1.165) is 37.6 Å². The number of furan rings is 1. The van der Waals surface area contributed by atoms with Crippen LogP contribution in [-0.2, 0) is 0 Å². The Balaban J connectivity index is 1.38. The topological polar surface area (TPSA) is 75.0 Å². The Labute approximate surface area is 122 Å². The van der Waals surface area contributed by atoms with Crippen LogP contribution >= 0.6 is 0 Å². The van der Waals surface area contributed by atoms with E-state index in [1.54, 1.807) is 12.1 Å². The summed E-state index contributed by atoms with van der Waals surface area (Å²) in [6.45, 7) is 1.48. The molecule has 0 bridgehead atoms. The third kappa shape index (κ3) is 2.46. The van der Waals surface area contributed by atoms with Crippen LogP contribution in [0.2, 0.25) is 0 Å². The minimum absolute atomic E-state index is 0.0188. The minimum atomic E-state index is -0.0188. The van der Waals surface area contributed by atoms with E-state index in [1.807, 2.05) is 4.90 Å². The number of H-pyrrole nitrogens is 1. The monoisotopic (exact) mass is 286 g/mol. The highest BCUT2D eigenvalue weighted by molar-refractivity contribution is 5.91. The van der Waals surface area contributed by atoms with Crippen molar-refractivity contribution in [2.45, 2.75) is 37.5 Å². The number of nitrogens with zero attached hydrogens (tertiary/aromatic N) is 3. The smallest absolute Gasteiger partial charge is 0.289 e. The van der Waals surface area contributed by atoms with Crippen molar-refractivity contribution in [2.24, 2.45) is 0 Å². The van der Waals surface area contributed by atoms with Gasteiger partial charge in [-0.05, 0) is 37.8 Å². The molecule has 1 aliphatic heterocycles. The van der Waals surface area contributed by atoms with Gasteiger partial charge in [0.05, 0.1) is 6.26 Å². The van der Waals surface area contributed by atoms with Gasteiger partial charge in [0.1, 0.15) is 5.82 Å². The number of hydrogen-bond donors (Lipinski definition) is 1. The number of piperidine rings is 1. The van der Waals surface area contributed by atoms with Gasteiger partial charge >= 0.3 is 0 Å². The molecule has 0 spiro atoms. The molecule has 0 unspecified atom stereocenters. The van der Waals surface area contributed by atoms with Gasteiger partial charge in [0, 0.05) is 24.9 Å². The van der Waals surface area contributed by atoms with E-state index < -0.39 is 0 Å². The predicted molar refractivity (Wildman–Crippen MR) is 74.9 cm³/mol. The van der Waals surface area contributed by atoms with Crippen molar-refractivity contribution < 1.29 is 9.21 Å². The summed E-state index contributed by atoms with van der Waals surface area (Å²) in [7, 11) is 0. The zero-order valence-corrected chi connectivity index (χ0v) is 11.8. The molecule has 1 aliphatic carbocycles. The van der Waals surface area contributed by atoms with Gasteiger partial charge in [0.15, 0.2) is 11.6 Å². The first-order valence-corrected chi connectivity index (χ1v) is 7.56. The van der Waals surface area contributed by atoms with Gasteiger partial charge < -0.3 is 9.32 Å². The molecular formula is C15H18N4O2. The molecule has 2 fully saturated rings. The Kier molecular flexibility index (Phi) is 3.02. The van der Waals surface area contributed by atoms with Gasteiger partial charge in [-0.15, -0.1) is 0 Å². The number of rotatable bonds is 3. The Bertz CT molecular complexity index is 622. The van der Waals surface area contributed by atoms with E-state index in [-0.39, 0.29) is 5.91 Å². The molecule has 2 aromatic heterocycles. The van der Waals surface area contributed by atoms with E-state index in [9.17, 15) is 4.79 Å². The van der Waals surface area contributed by atoms with E-state index in [1.165, 1.54) is 19.1 Å². The molecule has 1 amide bonds. The van der Waals surface area contributed by atoms with Gasteiger partial charge in [-0.3, -0.25) is 9.89 Å². The number of aromatic amines is 1. The van der Waals surface area contributed by atoms with Gasteiger partial charge in [-0.1, -0.05) is 0 Å². The van der Waals surface area contributed by atoms with Crippen molar-refractivity contribution >= 4 is 5.91 Å². The summed E-state index contributed by atoms with van der Waals surface area (Å²) >= 11 is 0. The zero-order valence-electron chi connectivity index (χ0n) is 11.8. The first-order valence-electron chi connectivity index (χ1n) is 7.56. The third-order valence-electron chi connectivity index (χ3n) is 4.36. The van der Waals surface area contributed by atoms with Gasteiger partial charge in [-0.25, -0.2) is 4.98 Å². The van der Waals surface area contributed by atoms with E-state index >= 15 is 0 Å². The fraction of sp³-hybridized carbons (Fsp3) is 0.533. The summed E-state index contributed by atoms with van der Waals surface area (Å²) < 4.78 is 5.18. The number of carbonyl (C=O) groups excluding carboxylic acids is 1. The average molecular weight is 286 g/mol. The van der Waals surface area contributed by atoms with Crippen molar-refractivity contribution in [3.8, 4) is 0 Å². The Morgan fingerprint density at radius 1 is 1.24 bits per heavy atom. The average Bonchev–Trinajstić information content (AvgIpc) is 3.05. The maximum absolute atomic E-state index is 12.2. The Hall–Kier alpha value is -2.11. The van der Waals surface area contributed by atoms with Crippen LogP contribution in [0.4, 0.5) is 0 Å². The van der Waals surface area contributed by atoms with Crippen LogP contribution in [0.5, 0.6) is 0 Å². The SMILES string of the molecule is O=C(c1ccco1)N1CCC(c2nc(C3CC3)n[nH]2)CC1. The molecule has 2 aromatic rings. The lowest BCUT2D eigenvalue weighted by Crippen LogP contribution is -2.37. The molecule has 1 saturated heterocycles. The molecule has 110 valence electrons. The number of amides is 1. The van der Waals surface area contributed by atoms with Crippen LogP contribution in [0.25, 0.3) is 0 Å². The van der Waals surface area contributed by atoms with Crippen LogP contribution in [0.3, 0.4) is 0 Å². The molecule has 0 radical (unpaired) electrons. The van der Waals surface area contributed by atoms with Crippen LogP contribution in [0, 0.1) is 0 Å². The van der Waals surface area contributed by atoms with Crippen LogP contribution in [0.15, 0.2) is 22.8 Å². The molecule has 2 aliphatic rings. The van der Waals surface area contributed by atoms with Crippen molar-refractivity contribution in [3.63, 3.8) is 0 Å². The minimum Gasteiger partial charge on any atom is -0.459 e. The summed E-state index contributed by atoms with van der Waals surface area (Å²) in [4.78, 5) is 18.7. The molecule has 4 rings (SSSR count). The Morgan fingerprint density at radius 2 is 2.05 bits per heavy atom. The van der Waals surface area contributed by atoms with Gasteiger partial charge in [0.2, 0.25) is 0 Å². The predicted octanol–water partition coefficient (Wildman–Crippen LogP) is 2.29. The van der Waals surface area contributed by atoms with E-state index in [4.69, 9.17) is 4.42 Å². The van der Waals surface area contributed by atoms with Gasteiger partial charge in [-0.2, -0.15) is 5.10 Å². The first kappa shape index (κ1) is 12.6.